The highest BCUT2D eigenvalue weighted by atomic mass is 16.2. The van der Waals surface area contributed by atoms with Gasteiger partial charge < -0.3 is 10.2 Å². The largest absolute Gasteiger partial charge is 0.331 e. The first-order valence-corrected chi connectivity index (χ1v) is 3.99. The Kier molecular flexibility index (Phi) is 4.33. The first kappa shape index (κ1) is 10.9. The van der Waals surface area contributed by atoms with E-state index in [1.807, 2.05) is 0 Å². The highest BCUT2D eigenvalue weighted by molar-refractivity contribution is 5.87. The number of amides is 2. The number of ketones is 1. The zero-order valence-electron chi connectivity index (χ0n) is 8.05. The van der Waals surface area contributed by atoms with E-state index in [0.29, 0.717) is 6.42 Å². The Labute approximate surface area is 72.9 Å². The quantitative estimate of drug-likeness (QED) is 0.678. The predicted molar refractivity (Wildman–Crippen MR) is 47.0 cm³/mol. The van der Waals surface area contributed by atoms with Gasteiger partial charge in [0.2, 0.25) is 0 Å². The zero-order valence-corrected chi connectivity index (χ0v) is 8.05. The monoisotopic (exact) mass is 172 g/mol. The van der Waals surface area contributed by atoms with Crippen LogP contribution in [0.5, 0.6) is 0 Å². The molecule has 0 saturated carbocycles. The molecule has 0 bridgehead atoms. The average molecular weight is 172 g/mol. The first-order valence-electron chi connectivity index (χ1n) is 3.99. The zero-order chi connectivity index (χ0) is 9.72. The minimum absolute atomic E-state index is 0.0465. The second-order valence-electron chi connectivity index (χ2n) is 2.89. The number of carbonyl (C=O) groups is 2. The van der Waals surface area contributed by atoms with Crippen LogP contribution in [0, 0.1) is 0 Å². The minimum atomic E-state index is -0.384. The highest BCUT2D eigenvalue weighted by Crippen LogP contribution is 1.90. The average Bonchev–Trinajstić information content (AvgIpc) is 2.02. The molecule has 1 N–H and O–H groups in total. The Morgan fingerprint density at radius 1 is 1.42 bits per heavy atom. The van der Waals surface area contributed by atoms with Crippen molar-refractivity contribution in [3.05, 3.63) is 0 Å². The molecule has 1 atom stereocenters. The van der Waals surface area contributed by atoms with E-state index in [0.717, 1.165) is 0 Å². The van der Waals surface area contributed by atoms with Crippen LogP contribution in [0.15, 0.2) is 0 Å². The van der Waals surface area contributed by atoms with E-state index >= 15 is 0 Å². The molecule has 0 aromatic carbocycles. The van der Waals surface area contributed by atoms with Crippen molar-refractivity contribution in [2.24, 2.45) is 0 Å². The van der Waals surface area contributed by atoms with Crippen molar-refractivity contribution in [2.75, 3.05) is 14.1 Å². The molecule has 4 heteroatoms. The van der Waals surface area contributed by atoms with E-state index in [1.165, 1.54) is 4.90 Å². The van der Waals surface area contributed by atoms with E-state index in [9.17, 15) is 9.59 Å². The van der Waals surface area contributed by atoms with Crippen molar-refractivity contribution >= 4 is 11.8 Å². The fourth-order valence-corrected chi connectivity index (χ4v) is 0.701. The molecule has 0 saturated heterocycles. The van der Waals surface area contributed by atoms with E-state index in [1.54, 1.807) is 27.9 Å². The fraction of sp³-hybridized carbons (Fsp3) is 0.750. The normalized spacial score (nSPS) is 12.0. The number of nitrogens with zero attached hydrogens (tertiary/aromatic N) is 1. The van der Waals surface area contributed by atoms with Gasteiger partial charge in [0.05, 0.1) is 6.04 Å². The van der Waals surface area contributed by atoms with Gasteiger partial charge in [-0.15, -0.1) is 0 Å². The molecule has 70 valence electrons. The van der Waals surface area contributed by atoms with Crippen LogP contribution in [0.1, 0.15) is 20.3 Å². The fourth-order valence-electron chi connectivity index (χ4n) is 0.701. The number of rotatable bonds is 3. The Morgan fingerprint density at radius 2 is 1.92 bits per heavy atom. The van der Waals surface area contributed by atoms with Gasteiger partial charge in [-0.1, -0.05) is 6.92 Å². The van der Waals surface area contributed by atoms with Gasteiger partial charge in [-0.05, 0) is 6.92 Å². The van der Waals surface area contributed by atoms with Gasteiger partial charge in [0, 0.05) is 20.5 Å². The second kappa shape index (κ2) is 4.74. The molecular formula is C8H16N2O2. The van der Waals surface area contributed by atoms with Crippen molar-refractivity contribution in [3.8, 4) is 0 Å². The lowest BCUT2D eigenvalue weighted by Crippen LogP contribution is -2.43. The molecule has 0 aliphatic rings. The third-order valence-electron chi connectivity index (χ3n) is 1.58. The van der Waals surface area contributed by atoms with Crippen molar-refractivity contribution in [1.29, 1.82) is 0 Å². The Hall–Kier alpha value is -1.06. The Morgan fingerprint density at radius 3 is 2.25 bits per heavy atom. The summed E-state index contributed by atoms with van der Waals surface area (Å²) < 4.78 is 0. The summed E-state index contributed by atoms with van der Waals surface area (Å²) >= 11 is 0. The van der Waals surface area contributed by atoms with Gasteiger partial charge in [0.15, 0.2) is 5.78 Å². The van der Waals surface area contributed by atoms with E-state index in [2.05, 4.69) is 5.32 Å². The van der Waals surface area contributed by atoms with E-state index in [4.69, 9.17) is 0 Å². The lowest BCUT2D eigenvalue weighted by atomic mass is 10.2. The van der Waals surface area contributed by atoms with Crippen LogP contribution in [-0.4, -0.2) is 36.9 Å². The smallest absolute Gasteiger partial charge is 0.317 e. The van der Waals surface area contributed by atoms with Gasteiger partial charge in [0.25, 0.3) is 0 Å². The molecule has 0 aromatic rings. The molecule has 2 amide bonds. The third kappa shape index (κ3) is 3.37. The number of Topliss-reactive ketones (excluding diaryl/α,β-unsaturated/α-hetero) is 1. The maximum Gasteiger partial charge on any atom is 0.317 e. The molecular weight excluding hydrogens is 156 g/mol. The molecule has 4 nitrogen and oxygen atoms in total. The number of hydrogen-bond donors (Lipinski definition) is 1. The number of hydrogen-bond acceptors (Lipinski definition) is 2. The summed E-state index contributed by atoms with van der Waals surface area (Å²) in [4.78, 5) is 23.5. The highest BCUT2D eigenvalue weighted by Gasteiger charge is 2.13. The minimum Gasteiger partial charge on any atom is -0.331 e. The lowest BCUT2D eigenvalue weighted by molar-refractivity contribution is -0.120. The molecule has 0 aliphatic heterocycles. The second-order valence-corrected chi connectivity index (χ2v) is 2.89. The van der Waals surface area contributed by atoms with Crippen LogP contribution in [0.4, 0.5) is 4.79 Å². The van der Waals surface area contributed by atoms with Crippen LogP contribution in [0.2, 0.25) is 0 Å². The molecule has 0 radical (unpaired) electrons. The number of carbonyl (C=O) groups excluding carboxylic acids is 2. The summed E-state index contributed by atoms with van der Waals surface area (Å²) in [5.74, 6) is 0.0465. The molecule has 12 heavy (non-hydrogen) atoms. The lowest BCUT2D eigenvalue weighted by Gasteiger charge is -2.16. The van der Waals surface area contributed by atoms with Gasteiger partial charge in [-0.2, -0.15) is 0 Å². The molecule has 1 unspecified atom stereocenters. The van der Waals surface area contributed by atoms with Crippen molar-refractivity contribution < 1.29 is 9.59 Å². The van der Waals surface area contributed by atoms with Gasteiger partial charge in [-0.3, -0.25) is 4.79 Å². The van der Waals surface area contributed by atoms with Crippen LogP contribution in [-0.2, 0) is 4.79 Å². The number of nitrogens with one attached hydrogen (secondary N) is 1. The standard InChI is InChI=1S/C8H16N2O2/c1-5-7(11)6(2)9-8(12)10(3)4/h6H,5H2,1-4H3,(H,9,12). The Balaban J connectivity index is 3.92. The SMILES string of the molecule is CCC(=O)C(C)NC(=O)N(C)C. The van der Waals surface area contributed by atoms with Gasteiger partial charge >= 0.3 is 6.03 Å². The summed E-state index contributed by atoms with van der Waals surface area (Å²) in [5.41, 5.74) is 0. The van der Waals surface area contributed by atoms with Gasteiger partial charge in [-0.25, -0.2) is 4.79 Å². The summed E-state index contributed by atoms with van der Waals surface area (Å²) in [7, 11) is 3.27. The Bertz CT molecular complexity index is 178. The van der Waals surface area contributed by atoms with Crippen LogP contribution < -0.4 is 5.32 Å². The maximum atomic E-state index is 11.0. The summed E-state index contributed by atoms with van der Waals surface area (Å²) in [5, 5.41) is 2.57. The first-order chi connectivity index (χ1) is 5.49. The topological polar surface area (TPSA) is 49.4 Å². The van der Waals surface area contributed by atoms with Gasteiger partial charge in [0.1, 0.15) is 0 Å². The molecule has 0 aliphatic carbocycles. The predicted octanol–water partition coefficient (Wildman–Crippen LogP) is 0.625. The summed E-state index contributed by atoms with van der Waals surface area (Å²) in [6.45, 7) is 3.47. The molecule has 0 aromatic heterocycles. The van der Waals surface area contributed by atoms with Crippen LogP contribution >= 0.6 is 0 Å². The number of urea groups is 1. The third-order valence-corrected chi connectivity index (χ3v) is 1.58. The maximum absolute atomic E-state index is 11.0. The molecule has 0 heterocycles. The molecule has 0 rings (SSSR count). The van der Waals surface area contributed by atoms with Crippen molar-refractivity contribution in [3.63, 3.8) is 0 Å². The molecule has 0 fully saturated rings. The van der Waals surface area contributed by atoms with Crippen molar-refractivity contribution in [2.45, 2.75) is 26.3 Å². The summed E-state index contributed by atoms with van der Waals surface area (Å²) in [6, 6.07) is -0.616. The van der Waals surface area contributed by atoms with Crippen LogP contribution in [0.25, 0.3) is 0 Å². The van der Waals surface area contributed by atoms with Crippen molar-refractivity contribution in [1.82, 2.24) is 10.2 Å². The van der Waals surface area contributed by atoms with E-state index < -0.39 is 0 Å². The molecule has 0 spiro atoms. The van der Waals surface area contributed by atoms with Crippen LogP contribution in [0.3, 0.4) is 0 Å². The van der Waals surface area contributed by atoms with E-state index in [-0.39, 0.29) is 17.9 Å². The summed E-state index contributed by atoms with van der Waals surface area (Å²) in [6.07, 6.45) is 0.453.